The molecule has 1 nitrogen and oxygen atoms in total. The molecule has 1 unspecified atom stereocenters. The van der Waals surface area contributed by atoms with Gasteiger partial charge in [-0.1, -0.05) is 66.7 Å². The Labute approximate surface area is 138 Å². The summed E-state index contributed by atoms with van der Waals surface area (Å²) in [5, 5.41) is 2.74. The van der Waals surface area contributed by atoms with Crippen LogP contribution in [-0.4, -0.2) is 17.5 Å². The zero-order valence-electron chi connectivity index (χ0n) is 14.1. The maximum atomic E-state index is 2.50. The van der Waals surface area contributed by atoms with Crippen LogP contribution in [0.25, 0.3) is 10.8 Å². The minimum atomic E-state index is 0.0941. The second kappa shape index (κ2) is 5.21. The van der Waals surface area contributed by atoms with Crippen molar-refractivity contribution in [1.29, 1.82) is 0 Å². The van der Waals surface area contributed by atoms with Crippen molar-refractivity contribution in [3.8, 4) is 0 Å². The van der Waals surface area contributed by atoms with E-state index in [-0.39, 0.29) is 5.54 Å². The van der Waals surface area contributed by atoms with Crippen LogP contribution in [0.5, 0.6) is 0 Å². The van der Waals surface area contributed by atoms with Gasteiger partial charge in [0.1, 0.15) is 0 Å². The summed E-state index contributed by atoms with van der Waals surface area (Å²) < 4.78 is 0. The molecule has 0 radical (unpaired) electrons. The highest BCUT2D eigenvalue weighted by Crippen LogP contribution is 2.45. The Kier molecular flexibility index (Phi) is 3.28. The second-order valence-corrected chi connectivity index (χ2v) is 7.21. The van der Waals surface area contributed by atoms with E-state index in [1.54, 1.807) is 0 Å². The summed E-state index contributed by atoms with van der Waals surface area (Å²) in [4.78, 5) is 2.50. The lowest BCUT2D eigenvalue weighted by atomic mass is 9.71. The molecule has 1 atom stereocenters. The van der Waals surface area contributed by atoms with Gasteiger partial charge in [0.2, 0.25) is 0 Å². The van der Waals surface area contributed by atoms with Crippen LogP contribution in [-0.2, 0) is 6.54 Å². The van der Waals surface area contributed by atoms with E-state index in [9.17, 15) is 0 Å². The Hall–Kier alpha value is -2.12. The number of nitrogens with zero attached hydrogens (tertiary/aromatic N) is 1. The lowest BCUT2D eigenvalue weighted by Crippen LogP contribution is -2.49. The van der Waals surface area contributed by atoms with Gasteiger partial charge in [-0.05, 0) is 48.4 Å². The van der Waals surface area contributed by atoms with E-state index in [0.717, 1.165) is 6.54 Å². The predicted molar refractivity (Wildman–Crippen MR) is 97.8 cm³/mol. The van der Waals surface area contributed by atoms with Gasteiger partial charge in [-0.25, -0.2) is 0 Å². The molecule has 0 N–H and O–H groups in total. The molecule has 1 heteroatoms. The van der Waals surface area contributed by atoms with Crippen molar-refractivity contribution >= 4 is 10.8 Å². The Morgan fingerprint density at radius 1 is 0.870 bits per heavy atom. The fraction of sp³-hybridized carbons (Fsp3) is 0.273. The van der Waals surface area contributed by atoms with Crippen molar-refractivity contribution in [2.45, 2.75) is 31.8 Å². The monoisotopic (exact) mass is 301 g/mol. The lowest BCUT2D eigenvalue weighted by Gasteiger charge is -2.48. The molecule has 0 aromatic heterocycles. The molecule has 0 spiro atoms. The number of fused-ring (bicyclic) bond motifs is 3. The SMILES string of the molecule is CN1Cc2c(ccc3ccccc23)C(c2ccccc2)C1(C)C. The molecule has 0 fully saturated rings. The van der Waals surface area contributed by atoms with Crippen LogP contribution in [0, 0.1) is 0 Å². The smallest absolute Gasteiger partial charge is 0.0272 e. The maximum absolute atomic E-state index is 2.50. The first-order valence-electron chi connectivity index (χ1n) is 8.36. The van der Waals surface area contributed by atoms with E-state index in [2.05, 4.69) is 92.5 Å². The third-order valence-corrected chi connectivity index (χ3v) is 5.61. The number of rotatable bonds is 1. The first kappa shape index (κ1) is 14.5. The number of hydrogen-bond acceptors (Lipinski definition) is 1. The fourth-order valence-electron chi connectivity index (χ4n) is 4.07. The molecule has 3 aromatic carbocycles. The summed E-state index contributed by atoms with van der Waals surface area (Å²) in [5.74, 6) is 0.391. The molecule has 0 saturated heterocycles. The molecule has 0 bridgehead atoms. The van der Waals surface area contributed by atoms with E-state index in [1.807, 2.05) is 0 Å². The van der Waals surface area contributed by atoms with E-state index in [1.165, 1.54) is 27.5 Å². The minimum absolute atomic E-state index is 0.0941. The summed E-state index contributed by atoms with van der Waals surface area (Å²) >= 11 is 0. The van der Waals surface area contributed by atoms with Gasteiger partial charge in [0.05, 0.1) is 0 Å². The maximum Gasteiger partial charge on any atom is 0.0272 e. The van der Waals surface area contributed by atoms with Gasteiger partial charge in [0.25, 0.3) is 0 Å². The molecule has 1 aliphatic rings. The first-order valence-corrected chi connectivity index (χ1v) is 8.36. The normalized spacial score (nSPS) is 20.4. The van der Waals surface area contributed by atoms with Crippen molar-refractivity contribution in [3.05, 3.63) is 83.4 Å². The third-order valence-electron chi connectivity index (χ3n) is 5.61. The Morgan fingerprint density at radius 3 is 2.35 bits per heavy atom. The van der Waals surface area contributed by atoms with Crippen LogP contribution in [0.4, 0.5) is 0 Å². The largest absolute Gasteiger partial charge is 0.296 e. The highest BCUT2D eigenvalue weighted by molar-refractivity contribution is 5.87. The molecular formula is C22H23N. The van der Waals surface area contributed by atoms with Crippen LogP contribution in [0.2, 0.25) is 0 Å². The Bertz CT molecular complexity index is 848. The summed E-state index contributed by atoms with van der Waals surface area (Å²) in [6.07, 6.45) is 0. The zero-order chi connectivity index (χ0) is 16.0. The Morgan fingerprint density at radius 2 is 1.57 bits per heavy atom. The lowest BCUT2D eigenvalue weighted by molar-refractivity contribution is 0.114. The minimum Gasteiger partial charge on any atom is -0.296 e. The first-order chi connectivity index (χ1) is 11.1. The van der Waals surface area contributed by atoms with Crippen LogP contribution in [0.3, 0.4) is 0 Å². The van der Waals surface area contributed by atoms with E-state index >= 15 is 0 Å². The van der Waals surface area contributed by atoms with Gasteiger partial charge in [0, 0.05) is 18.0 Å². The van der Waals surface area contributed by atoms with Crippen LogP contribution < -0.4 is 0 Å². The topological polar surface area (TPSA) is 3.24 Å². The van der Waals surface area contributed by atoms with Gasteiger partial charge < -0.3 is 0 Å². The molecule has 1 aliphatic heterocycles. The van der Waals surface area contributed by atoms with E-state index in [4.69, 9.17) is 0 Å². The van der Waals surface area contributed by atoms with Crippen molar-refractivity contribution in [3.63, 3.8) is 0 Å². The van der Waals surface area contributed by atoms with Gasteiger partial charge >= 0.3 is 0 Å². The van der Waals surface area contributed by atoms with Gasteiger partial charge in [-0.15, -0.1) is 0 Å². The summed E-state index contributed by atoms with van der Waals surface area (Å²) in [7, 11) is 2.25. The van der Waals surface area contributed by atoms with Crippen molar-refractivity contribution in [2.75, 3.05) is 7.05 Å². The summed E-state index contributed by atoms with van der Waals surface area (Å²) in [6, 6.07) is 24.3. The predicted octanol–water partition coefficient (Wildman–Crippen LogP) is 5.20. The molecule has 4 rings (SSSR count). The molecule has 0 aliphatic carbocycles. The molecule has 0 amide bonds. The van der Waals surface area contributed by atoms with Crippen molar-refractivity contribution in [1.82, 2.24) is 4.90 Å². The second-order valence-electron chi connectivity index (χ2n) is 7.21. The number of benzene rings is 3. The Balaban J connectivity index is 2.01. The van der Waals surface area contributed by atoms with E-state index in [0.29, 0.717) is 5.92 Å². The average Bonchev–Trinajstić information content (AvgIpc) is 2.57. The van der Waals surface area contributed by atoms with Crippen molar-refractivity contribution in [2.24, 2.45) is 0 Å². The van der Waals surface area contributed by atoms with Crippen LogP contribution >= 0.6 is 0 Å². The zero-order valence-corrected chi connectivity index (χ0v) is 14.1. The average molecular weight is 301 g/mol. The molecule has 23 heavy (non-hydrogen) atoms. The van der Waals surface area contributed by atoms with Crippen LogP contribution in [0.1, 0.15) is 36.5 Å². The van der Waals surface area contributed by atoms with Crippen molar-refractivity contribution < 1.29 is 0 Å². The van der Waals surface area contributed by atoms with Crippen LogP contribution in [0.15, 0.2) is 66.7 Å². The molecule has 0 saturated carbocycles. The standard InChI is InChI=1S/C22H23N/c1-22(2)21(17-10-5-4-6-11-17)19-14-13-16-9-7-8-12-18(16)20(19)15-23(22)3/h4-14,21H,15H2,1-3H3. The molecule has 116 valence electrons. The summed E-state index contributed by atoms with van der Waals surface area (Å²) in [5.41, 5.74) is 4.47. The van der Waals surface area contributed by atoms with Gasteiger partial charge in [0.15, 0.2) is 0 Å². The van der Waals surface area contributed by atoms with E-state index < -0.39 is 0 Å². The molecule has 3 aromatic rings. The molecular weight excluding hydrogens is 278 g/mol. The number of hydrogen-bond donors (Lipinski definition) is 0. The number of likely N-dealkylation sites (N-methyl/N-ethyl adjacent to an activating group) is 1. The fourth-order valence-corrected chi connectivity index (χ4v) is 4.07. The van der Waals surface area contributed by atoms with Gasteiger partial charge in [-0.2, -0.15) is 0 Å². The third kappa shape index (κ3) is 2.19. The molecule has 1 heterocycles. The highest BCUT2D eigenvalue weighted by atomic mass is 15.2. The summed E-state index contributed by atoms with van der Waals surface area (Å²) in [6.45, 7) is 5.73. The quantitative estimate of drug-likeness (QED) is 0.597. The highest BCUT2D eigenvalue weighted by Gasteiger charge is 2.40. The van der Waals surface area contributed by atoms with Gasteiger partial charge in [-0.3, -0.25) is 4.90 Å².